The van der Waals surface area contributed by atoms with Crippen LogP contribution >= 0.6 is 11.8 Å². The summed E-state index contributed by atoms with van der Waals surface area (Å²) in [5.41, 5.74) is 3.26. The van der Waals surface area contributed by atoms with Crippen molar-refractivity contribution >= 4 is 23.6 Å². The van der Waals surface area contributed by atoms with Gasteiger partial charge < -0.3 is 4.52 Å². The summed E-state index contributed by atoms with van der Waals surface area (Å²) in [6, 6.07) is 9.89. The Kier molecular flexibility index (Phi) is 4.63. The van der Waals surface area contributed by atoms with Crippen LogP contribution < -0.4 is 5.32 Å². The van der Waals surface area contributed by atoms with Gasteiger partial charge >= 0.3 is 0 Å². The molecule has 0 saturated carbocycles. The second kappa shape index (κ2) is 6.43. The predicted molar refractivity (Wildman–Crippen MR) is 77.2 cm³/mol. The Morgan fingerprint density at radius 1 is 1.37 bits per heavy atom. The zero-order chi connectivity index (χ0) is 13.7. The van der Waals surface area contributed by atoms with Gasteiger partial charge in [-0.15, -0.1) is 11.8 Å². The molecule has 4 nitrogen and oxygen atoms in total. The summed E-state index contributed by atoms with van der Waals surface area (Å²) in [7, 11) is 0. The van der Waals surface area contributed by atoms with E-state index in [1.807, 2.05) is 19.1 Å². The third-order valence-corrected chi connectivity index (χ3v) is 3.62. The summed E-state index contributed by atoms with van der Waals surface area (Å²) in [5, 5.41) is 6.39. The minimum atomic E-state index is -0.0743. The molecule has 100 valence electrons. The Hall–Kier alpha value is -1.75. The number of anilines is 1. The van der Waals surface area contributed by atoms with Crippen LogP contribution in [0.3, 0.4) is 0 Å². The molecular weight excluding hydrogens is 260 g/mol. The maximum Gasteiger partial charge on any atom is 0.236 e. The summed E-state index contributed by atoms with van der Waals surface area (Å²) in [4.78, 5) is 11.7. The van der Waals surface area contributed by atoms with E-state index in [0.29, 0.717) is 11.6 Å². The average molecular weight is 276 g/mol. The number of rotatable bonds is 5. The van der Waals surface area contributed by atoms with Crippen LogP contribution in [0.15, 0.2) is 34.9 Å². The fourth-order valence-corrected chi connectivity index (χ4v) is 2.53. The molecule has 0 unspecified atom stereocenters. The minimum Gasteiger partial charge on any atom is -0.338 e. The number of aryl methyl sites for hydroxylation is 2. The van der Waals surface area contributed by atoms with E-state index in [1.54, 1.807) is 17.8 Å². The van der Waals surface area contributed by atoms with Gasteiger partial charge in [0.2, 0.25) is 11.8 Å². The van der Waals surface area contributed by atoms with Crippen molar-refractivity contribution in [3.63, 3.8) is 0 Å². The number of thioether (sulfide) groups is 1. The lowest BCUT2D eigenvalue weighted by Gasteiger charge is -2.05. The number of benzene rings is 1. The van der Waals surface area contributed by atoms with E-state index in [9.17, 15) is 4.79 Å². The summed E-state index contributed by atoms with van der Waals surface area (Å²) in [6.07, 6.45) is 0. The first-order valence-corrected chi connectivity index (χ1v) is 7.16. The van der Waals surface area contributed by atoms with Gasteiger partial charge in [0.1, 0.15) is 0 Å². The molecule has 1 aromatic heterocycles. The summed E-state index contributed by atoms with van der Waals surface area (Å²) < 4.78 is 4.93. The molecule has 2 rings (SSSR count). The number of hydrogen-bond donors (Lipinski definition) is 1. The van der Waals surface area contributed by atoms with Crippen molar-refractivity contribution in [2.75, 3.05) is 11.1 Å². The smallest absolute Gasteiger partial charge is 0.236 e. The van der Waals surface area contributed by atoms with Crippen molar-refractivity contribution in [1.82, 2.24) is 5.16 Å². The molecular formula is C14H16N2O2S. The number of hydrogen-bond acceptors (Lipinski definition) is 4. The standard InChI is InChI=1S/C14H16N2O2S/c1-10-5-3-4-6-12(10)8-19-9-13(17)15-14-7-11(2)16-18-14/h3-7H,8-9H2,1-2H3,(H,15,17). The van der Waals surface area contributed by atoms with Gasteiger partial charge in [0.25, 0.3) is 0 Å². The van der Waals surface area contributed by atoms with E-state index >= 15 is 0 Å². The molecule has 0 spiro atoms. The number of nitrogens with one attached hydrogen (secondary N) is 1. The molecule has 1 heterocycles. The Bertz CT molecular complexity index is 566. The van der Waals surface area contributed by atoms with E-state index < -0.39 is 0 Å². The molecule has 2 aromatic rings. The topological polar surface area (TPSA) is 55.1 Å². The van der Waals surface area contributed by atoms with Gasteiger partial charge in [-0.1, -0.05) is 29.4 Å². The van der Waals surface area contributed by atoms with Gasteiger partial charge in [-0.3, -0.25) is 10.1 Å². The molecule has 1 aromatic carbocycles. The van der Waals surface area contributed by atoms with Crippen LogP contribution in [0.1, 0.15) is 16.8 Å². The van der Waals surface area contributed by atoms with Crippen LogP contribution in [0.2, 0.25) is 0 Å². The third-order valence-electron chi connectivity index (χ3n) is 2.64. The average Bonchev–Trinajstić information content (AvgIpc) is 2.77. The van der Waals surface area contributed by atoms with Crippen LogP contribution in [0.5, 0.6) is 0 Å². The van der Waals surface area contributed by atoms with Gasteiger partial charge in [0.15, 0.2) is 0 Å². The molecule has 19 heavy (non-hydrogen) atoms. The maximum absolute atomic E-state index is 11.7. The van der Waals surface area contributed by atoms with Crippen LogP contribution in [-0.4, -0.2) is 16.8 Å². The van der Waals surface area contributed by atoms with Crippen LogP contribution in [0.4, 0.5) is 5.88 Å². The molecule has 1 amide bonds. The molecule has 0 radical (unpaired) electrons. The molecule has 5 heteroatoms. The molecule has 1 N–H and O–H groups in total. The highest BCUT2D eigenvalue weighted by Crippen LogP contribution is 2.16. The van der Waals surface area contributed by atoms with Gasteiger partial charge in [-0.25, -0.2) is 0 Å². The fraction of sp³-hybridized carbons (Fsp3) is 0.286. The van der Waals surface area contributed by atoms with Crippen molar-refractivity contribution in [2.24, 2.45) is 0 Å². The number of carbonyl (C=O) groups is 1. The fourth-order valence-electron chi connectivity index (χ4n) is 1.62. The van der Waals surface area contributed by atoms with Crippen molar-refractivity contribution in [1.29, 1.82) is 0 Å². The van der Waals surface area contributed by atoms with Crippen molar-refractivity contribution < 1.29 is 9.32 Å². The first kappa shape index (κ1) is 13.7. The third kappa shape index (κ3) is 4.13. The SMILES string of the molecule is Cc1cc(NC(=O)CSCc2ccccc2C)on1. The summed E-state index contributed by atoms with van der Waals surface area (Å²) >= 11 is 1.58. The largest absolute Gasteiger partial charge is 0.338 e. The van der Waals surface area contributed by atoms with E-state index in [-0.39, 0.29) is 5.91 Å². The number of nitrogens with zero attached hydrogens (tertiary/aromatic N) is 1. The Morgan fingerprint density at radius 2 is 2.16 bits per heavy atom. The van der Waals surface area contributed by atoms with Gasteiger partial charge in [0, 0.05) is 11.8 Å². The van der Waals surface area contributed by atoms with Gasteiger partial charge in [0.05, 0.1) is 11.4 Å². The second-order valence-electron chi connectivity index (χ2n) is 4.30. The molecule has 0 bridgehead atoms. The Labute approximate surface area is 116 Å². The van der Waals surface area contributed by atoms with E-state index in [2.05, 4.69) is 29.5 Å². The quantitative estimate of drug-likeness (QED) is 0.911. The van der Waals surface area contributed by atoms with Gasteiger partial charge in [-0.2, -0.15) is 0 Å². The maximum atomic E-state index is 11.7. The minimum absolute atomic E-state index is 0.0743. The van der Waals surface area contributed by atoms with Gasteiger partial charge in [-0.05, 0) is 25.0 Å². The molecule has 0 aliphatic heterocycles. The number of aromatic nitrogens is 1. The first-order chi connectivity index (χ1) is 9.15. The van der Waals surface area contributed by atoms with Crippen molar-refractivity contribution in [3.05, 3.63) is 47.2 Å². The highest BCUT2D eigenvalue weighted by Gasteiger charge is 2.07. The van der Waals surface area contributed by atoms with E-state index in [0.717, 1.165) is 11.4 Å². The van der Waals surface area contributed by atoms with Crippen LogP contribution in [0, 0.1) is 13.8 Å². The zero-order valence-corrected chi connectivity index (χ0v) is 11.8. The summed E-state index contributed by atoms with van der Waals surface area (Å²) in [6.45, 7) is 3.89. The molecule has 0 aliphatic carbocycles. The van der Waals surface area contributed by atoms with Crippen LogP contribution in [-0.2, 0) is 10.5 Å². The second-order valence-corrected chi connectivity index (χ2v) is 5.29. The number of carbonyl (C=O) groups excluding carboxylic acids is 1. The molecule has 0 atom stereocenters. The lowest BCUT2D eigenvalue weighted by Crippen LogP contribution is -2.13. The number of amides is 1. The van der Waals surface area contributed by atoms with Crippen LogP contribution in [0.25, 0.3) is 0 Å². The molecule has 0 fully saturated rings. The normalized spacial score (nSPS) is 10.4. The van der Waals surface area contributed by atoms with Crippen molar-refractivity contribution in [3.8, 4) is 0 Å². The van der Waals surface area contributed by atoms with E-state index in [4.69, 9.17) is 4.52 Å². The Balaban J connectivity index is 1.77. The first-order valence-electron chi connectivity index (χ1n) is 6.00. The lowest BCUT2D eigenvalue weighted by atomic mass is 10.1. The zero-order valence-electron chi connectivity index (χ0n) is 11.0. The summed E-state index contributed by atoms with van der Waals surface area (Å²) in [5.74, 6) is 1.55. The molecule has 0 saturated heterocycles. The highest BCUT2D eigenvalue weighted by atomic mass is 32.2. The van der Waals surface area contributed by atoms with E-state index in [1.165, 1.54) is 11.1 Å². The van der Waals surface area contributed by atoms with Crippen molar-refractivity contribution in [2.45, 2.75) is 19.6 Å². The molecule has 0 aliphatic rings. The Morgan fingerprint density at radius 3 is 2.84 bits per heavy atom. The highest BCUT2D eigenvalue weighted by molar-refractivity contribution is 7.99. The monoisotopic (exact) mass is 276 g/mol. The predicted octanol–water partition coefficient (Wildman–Crippen LogP) is 3.16. The lowest BCUT2D eigenvalue weighted by molar-refractivity contribution is -0.113.